The average Bonchev–Trinajstić information content (AvgIpc) is 2.99. The molecule has 9 nitrogen and oxygen atoms in total. The molecule has 2 heterocycles. The van der Waals surface area contributed by atoms with Crippen LogP contribution in [0.3, 0.4) is 0 Å². The van der Waals surface area contributed by atoms with Crippen molar-refractivity contribution in [2.24, 2.45) is 7.05 Å². The number of unbranched alkanes of at least 4 members (excludes halogenated alkanes) is 4. The Morgan fingerprint density at radius 1 is 0.696 bits per heavy atom. The van der Waals surface area contributed by atoms with Crippen LogP contribution in [0.15, 0.2) is 55.6 Å². The van der Waals surface area contributed by atoms with Crippen molar-refractivity contribution >= 4 is 0 Å². The van der Waals surface area contributed by atoms with Gasteiger partial charge in [0.15, 0.2) is 0 Å². The van der Waals surface area contributed by atoms with Crippen molar-refractivity contribution in [2.45, 2.75) is 98.6 Å². The highest BCUT2D eigenvalue weighted by molar-refractivity contribution is 5.29. The van der Waals surface area contributed by atoms with E-state index >= 15 is 0 Å². The van der Waals surface area contributed by atoms with Crippen molar-refractivity contribution in [1.82, 2.24) is 18.3 Å². The second-order valence-corrected chi connectivity index (χ2v) is 12.0. The molecule has 0 saturated carbocycles. The summed E-state index contributed by atoms with van der Waals surface area (Å²) in [6.07, 6.45) is -0.145. The zero-order valence-corrected chi connectivity index (χ0v) is 29.1. The van der Waals surface area contributed by atoms with E-state index in [1.165, 1.54) is 29.8 Å². The van der Waals surface area contributed by atoms with Crippen molar-refractivity contribution in [3.8, 4) is 0 Å². The van der Waals surface area contributed by atoms with E-state index in [1.54, 1.807) is 35.1 Å². The van der Waals surface area contributed by atoms with Gasteiger partial charge in [-0.25, -0.2) is 9.59 Å². The van der Waals surface area contributed by atoms with Crippen LogP contribution in [-0.2, 0) is 39.4 Å². The number of nitrogens with zero attached hydrogens (tertiary/aromatic N) is 5. The first-order valence-corrected chi connectivity index (χ1v) is 15.8. The number of aromatic nitrogens is 4. The molecule has 256 valence electrons. The smallest absolute Gasteiger partial charge is 0.416 e. The summed E-state index contributed by atoms with van der Waals surface area (Å²) in [6, 6.07) is 8.68. The number of alkyl halides is 3. The summed E-state index contributed by atoms with van der Waals surface area (Å²) in [5, 5.41) is 0. The van der Waals surface area contributed by atoms with E-state index in [0.717, 1.165) is 29.9 Å². The van der Waals surface area contributed by atoms with Crippen LogP contribution in [0.1, 0.15) is 74.9 Å². The number of rotatable bonds is 16. The molecule has 0 aliphatic carbocycles. The summed E-state index contributed by atoms with van der Waals surface area (Å²) in [7, 11) is 1.45. The lowest BCUT2D eigenvalue weighted by Crippen LogP contribution is -3.00. The van der Waals surface area contributed by atoms with Crippen molar-refractivity contribution < 1.29 is 34.6 Å². The van der Waals surface area contributed by atoms with Crippen molar-refractivity contribution in [3.05, 3.63) is 101 Å². The summed E-state index contributed by atoms with van der Waals surface area (Å²) in [4.78, 5) is 50.1. The number of quaternary nitrogens is 1. The maximum atomic E-state index is 13.6. The first-order chi connectivity index (χ1) is 21.2. The van der Waals surface area contributed by atoms with Gasteiger partial charge in [-0.05, 0) is 72.3 Å². The highest BCUT2D eigenvalue weighted by atomic mass is 79.9. The van der Waals surface area contributed by atoms with Gasteiger partial charge in [0.1, 0.15) is 6.54 Å². The third-order valence-electron chi connectivity index (χ3n) is 9.04. The fourth-order valence-electron chi connectivity index (χ4n) is 6.00. The van der Waals surface area contributed by atoms with Crippen molar-refractivity contribution in [2.75, 3.05) is 19.6 Å². The molecule has 0 spiro atoms. The number of hydrogen-bond acceptors (Lipinski definition) is 4. The fraction of sp³-hybridized carbons (Fsp3) is 0.576. The largest absolute Gasteiger partial charge is 1.00 e. The third-order valence-corrected chi connectivity index (χ3v) is 9.04. The van der Waals surface area contributed by atoms with Gasteiger partial charge >= 0.3 is 17.6 Å². The predicted octanol–water partition coefficient (Wildman–Crippen LogP) is 1.61. The summed E-state index contributed by atoms with van der Waals surface area (Å²) in [6.45, 7) is 11.1. The number of hydrogen-bond donors (Lipinski definition) is 0. The monoisotopic (exact) mass is 713 g/mol. The van der Waals surface area contributed by atoms with Gasteiger partial charge in [-0.2, -0.15) is 13.2 Å². The van der Waals surface area contributed by atoms with Gasteiger partial charge in [0.05, 0.1) is 25.2 Å². The zero-order chi connectivity index (χ0) is 33.4. The predicted molar refractivity (Wildman–Crippen MR) is 169 cm³/mol. The Kier molecular flexibility index (Phi) is 14.5. The summed E-state index contributed by atoms with van der Waals surface area (Å²) in [5.74, 6) is 0. The molecule has 3 rings (SSSR count). The summed E-state index contributed by atoms with van der Waals surface area (Å²) < 4.78 is 46.9. The number of benzene rings is 1. The van der Waals surface area contributed by atoms with Gasteiger partial charge < -0.3 is 21.5 Å². The van der Waals surface area contributed by atoms with Crippen LogP contribution in [0.4, 0.5) is 13.2 Å². The van der Waals surface area contributed by atoms with Crippen LogP contribution in [0.5, 0.6) is 0 Å². The molecule has 0 saturated heterocycles. The molecule has 2 aromatic heterocycles. The molecular weight excluding hydrogens is 667 g/mol. The minimum Gasteiger partial charge on any atom is -1.00 e. The Labute approximate surface area is 278 Å². The number of halogens is 4. The quantitative estimate of drug-likeness (QED) is 0.167. The molecule has 13 heteroatoms. The Balaban J connectivity index is 0.00000736. The van der Waals surface area contributed by atoms with E-state index in [2.05, 4.69) is 0 Å². The van der Waals surface area contributed by atoms with Crippen molar-refractivity contribution in [3.63, 3.8) is 0 Å². The SMILES string of the molecule is CC[N+](CC)(CCCCCn1c(=O)cc(C)n(CCCCCn2c(C)cc(=O)n(C)c2=O)c1=O)Cc1ccccc1C(F)(F)F.[Br-]. The van der Waals surface area contributed by atoms with Gasteiger partial charge in [0.2, 0.25) is 0 Å². The first kappa shape index (κ1) is 39.0. The molecule has 0 radical (unpaired) electrons. The van der Waals surface area contributed by atoms with E-state index in [0.29, 0.717) is 80.0 Å². The van der Waals surface area contributed by atoms with Gasteiger partial charge in [0, 0.05) is 55.8 Å². The van der Waals surface area contributed by atoms with E-state index in [-0.39, 0.29) is 46.0 Å². The Bertz CT molecular complexity index is 1690. The van der Waals surface area contributed by atoms with Crippen molar-refractivity contribution in [1.29, 1.82) is 0 Å². The highest BCUT2D eigenvalue weighted by Gasteiger charge is 2.35. The first-order valence-electron chi connectivity index (χ1n) is 15.8. The van der Waals surface area contributed by atoms with Gasteiger partial charge in [-0.3, -0.25) is 27.9 Å². The van der Waals surface area contributed by atoms with Crippen LogP contribution in [0, 0.1) is 13.8 Å². The lowest BCUT2D eigenvalue weighted by molar-refractivity contribution is -0.938. The lowest BCUT2D eigenvalue weighted by atomic mass is 10.0. The molecule has 0 N–H and O–H groups in total. The summed E-state index contributed by atoms with van der Waals surface area (Å²) in [5.41, 5.74) is -0.438. The van der Waals surface area contributed by atoms with E-state index in [9.17, 15) is 32.3 Å². The van der Waals surface area contributed by atoms with Crippen LogP contribution < -0.4 is 39.5 Å². The molecule has 1 aromatic carbocycles. The molecule has 0 atom stereocenters. The molecule has 0 aliphatic rings. The van der Waals surface area contributed by atoms with Gasteiger partial charge in [-0.15, -0.1) is 0 Å². The van der Waals surface area contributed by atoms with Crippen LogP contribution in [-0.4, -0.2) is 42.4 Å². The lowest BCUT2D eigenvalue weighted by Gasteiger charge is -2.37. The van der Waals surface area contributed by atoms with Crippen LogP contribution in [0.25, 0.3) is 0 Å². The maximum Gasteiger partial charge on any atom is 0.416 e. The second-order valence-electron chi connectivity index (χ2n) is 12.0. The molecule has 0 unspecified atom stereocenters. The molecule has 0 bridgehead atoms. The zero-order valence-electron chi connectivity index (χ0n) is 27.5. The summed E-state index contributed by atoms with van der Waals surface area (Å²) >= 11 is 0. The van der Waals surface area contributed by atoms with Gasteiger partial charge in [0.25, 0.3) is 11.1 Å². The minimum absolute atomic E-state index is 0. The van der Waals surface area contributed by atoms with E-state index in [1.807, 2.05) is 13.8 Å². The second kappa shape index (κ2) is 17.1. The van der Waals surface area contributed by atoms with Gasteiger partial charge in [-0.1, -0.05) is 18.2 Å². The normalized spacial score (nSPS) is 11.9. The van der Waals surface area contributed by atoms with Crippen LogP contribution in [0.2, 0.25) is 0 Å². The molecule has 0 aliphatic heterocycles. The molecule has 46 heavy (non-hydrogen) atoms. The molecule has 3 aromatic rings. The molecule has 0 fully saturated rings. The highest BCUT2D eigenvalue weighted by Crippen LogP contribution is 2.33. The Hall–Kier alpha value is -3.19. The number of aryl methyl sites for hydroxylation is 2. The van der Waals surface area contributed by atoms with E-state index < -0.39 is 11.7 Å². The Morgan fingerprint density at radius 3 is 1.76 bits per heavy atom. The Morgan fingerprint density at radius 2 is 1.20 bits per heavy atom. The fourth-order valence-corrected chi connectivity index (χ4v) is 6.00. The standard InChI is InChI=1S/C33H47F3N5O4.BrH/c1-6-41(7-2,24-27-16-10-11-17-28(27)33(34,35)36)21-15-9-14-20-40-30(43)23-26(4)39(32(40)45)19-13-8-12-18-38-25(3)22-29(42)37(5)31(38)44;/h10-11,16-17,22-23H,6-9,12-15,18-21,24H2,1-5H3;1H/q+1;/p-1. The third kappa shape index (κ3) is 9.66. The maximum absolute atomic E-state index is 13.6. The van der Waals surface area contributed by atoms with Crippen LogP contribution >= 0.6 is 0 Å². The van der Waals surface area contributed by atoms with E-state index in [4.69, 9.17) is 0 Å². The minimum atomic E-state index is -4.40. The molecular formula is C33H47BrF3N5O4. The molecule has 0 amide bonds. The average molecular weight is 715 g/mol. The topological polar surface area (TPSA) is 88.0 Å².